The monoisotopic (exact) mass is 672 g/mol. The van der Waals surface area contributed by atoms with Crippen LogP contribution in [0.25, 0.3) is 0 Å². The molecule has 0 saturated carbocycles. The predicted molar refractivity (Wildman–Crippen MR) is 171 cm³/mol. The molecular weight excluding hydrogens is 628 g/mol. The lowest BCUT2D eigenvalue weighted by Crippen LogP contribution is -2.60. The lowest BCUT2D eigenvalue weighted by atomic mass is 9.70. The van der Waals surface area contributed by atoms with E-state index in [1.54, 1.807) is 26.9 Å². The van der Waals surface area contributed by atoms with E-state index >= 15 is 0 Å². The van der Waals surface area contributed by atoms with Gasteiger partial charge in [0, 0.05) is 49.8 Å². The van der Waals surface area contributed by atoms with Crippen LogP contribution in [0.3, 0.4) is 0 Å². The Balaban J connectivity index is 1.54. The highest BCUT2D eigenvalue weighted by molar-refractivity contribution is 9.09. The van der Waals surface area contributed by atoms with Gasteiger partial charge in [0.2, 0.25) is 17.7 Å². The summed E-state index contributed by atoms with van der Waals surface area (Å²) in [7, 11) is 0. The van der Waals surface area contributed by atoms with Crippen LogP contribution >= 0.6 is 15.9 Å². The SMILES string of the molecule is C=CCN(CCN1CCOCC1)C(=O)C1N([C@@H](CO)C(C)C)C(=O)[C@@H]2[C@@H](C(=O)N(CC=C)c3ccccc3)[C@@H]3OC12CC3Br. The Morgan fingerprint density at radius 2 is 1.82 bits per heavy atom. The molecule has 240 valence electrons. The van der Waals surface area contributed by atoms with E-state index in [-0.39, 0.29) is 41.6 Å². The van der Waals surface area contributed by atoms with Gasteiger partial charge in [-0.05, 0) is 24.5 Å². The summed E-state index contributed by atoms with van der Waals surface area (Å²) in [5, 5.41) is 10.6. The molecule has 1 aromatic rings. The molecule has 4 fully saturated rings. The van der Waals surface area contributed by atoms with Crippen LogP contribution in [0.2, 0.25) is 0 Å². The van der Waals surface area contributed by atoms with E-state index in [1.807, 2.05) is 44.2 Å². The Morgan fingerprint density at radius 1 is 1.14 bits per heavy atom. The number of para-hydroxylation sites is 1. The molecule has 4 heterocycles. The standard InChI is InChI=1S/C33H45BrN4O6/c1-5-12-36(15-14-35-16-18-43-19-17-35)32(42)29-33-20-24(34)28(44-33)26(27(33)31(41)38(29)25(21-39)22(3)4)30(40)37(13-6-2)23-10-8-7-9-11-23/h5-11,22,24-29,39H,1-2,12-21H2,3-4H3/t24?,25-,26+,27-,28+,29?,33?/m0/s1. The largest absolute Gasteiger partial charge is 0.394 e. The van der Waals surface area contributed by atoms with Crippen LogP contribution in [0.4, 0.5) is 5.69 Å². The summed E-state index contributed by atoms with van der Waals surface area (Å²) in [6, 6.07) is 7.71. The fraction of sp³-hybridized carbons (Fsp3) is 0.606. The van der Waals surface area contributed by atoms with Crippen LogP contribution in [0, 0.1) is 17.8 Å². The van der Waals surface area contributed by atoms with Crippen molar-refractivity contribution in [2.45, 2.75) is 48.9 Å². The van der Waals surface area contributed by atoms with Gasteiger partial charge in [-0.1, -0.05) is 60.1 Å². The maximum absolute atomic E-state index is 14.7. The number of hydrogen-bond acceptors (Lipinski definition) is 7. The number of likely N-dealkylation sites (tertiary alicyclic amines) is 1. The maximum Gasteiger partial charge on any atom is 0.248 e. The van der Waals surface area contributed by atoms with Crippen molar-refractivity contribution in [1.82, 2.24) is 14.7 Å². The predicted octanol–water partition coefficient (Wildman–Crippen LogP) is 2.32. The molecule has 0 radical (unpaired) electrons. The fourth-order valence-corrected chi connectivity index (χ4v) is 8.50. The fourth-order valence-electron chi connectivity index (χ4n) is 7.55. The van der Waals surface area contributed by atoms with Crippen LogP contribution in [0.15, 0.2) is 55.6 Å². The molecule has 1 N–H and O–H groups in total. The number of rotatable bonds is 13. The number of morpholine rings is 1. The van der Waals surface area contributed by atoms with E-state index in [0.29, 0.717) is 45.0 Å². The molecule has 4 aliphatic rings. The normalized spacial score (nSPS) is 30.3. The summed E-state index contributed by atoms with van der Waals surface area (Å²) in [4.78, 5) is 50.8. The zero-order valence-electron chi connectivity index (χ0n) is 25.7. The van der Waals surface area contributed by atoms with Crippen LogP contribution in [-0.4, -0.2) is 125 Å². The number of hydrogen-bond donors (Lipinski definition) is 1. The van der Waals surface area contributed by atoms with E-state index in [0.717, 1.165) is 13.1 Å². The Kier molecular flexibility index (Phi) is 10.3. The van der Waals surface area contributed by atoms with Crippen molar-refractivity contribution in [2.24, 2.45) is 17.8 Å². The molecule has 0 aliphatic carbocycles. The van der Waals surface area contributed by atoms with Gasteiger partial charge in [-0.3, -0.25) is 19.3 Å². The maximum atomic E-state index is 14.7. The van der Waals surface area contributed by atoms with Gasteiger partial charge in [0.15, 0.2) is 0 Å². The quantitative estimate of drug-likeness (QED) is 0.254. The molecule has 4 saturated heterocycles. The number of carbonyl (C=O) groups excluding carboxylic acids is 3. The number of ether oxygens (including phenoxy) is 2. The second-order valence-electron chi connectivity index (χ2n) is 12.5. The number of nitrogens with zero attached hydrogens (tertiary/aromatic N) is 4. The van der Waals surface area contributed by atoms with Crippen molar-refractivity contribution in [3.05, 3.63) is 55.6 Å². The Hall–Kier alpha value is -2.57. The summed E-state index contributed by atoms with van der Waals surface area (Å²) in [5.41, 5.74) is -0.518. The smallest absolute Gasteiger partial charge is 0.248 e. The Labute approximate surface area is 268 Å². The number of halogens is 1. The number of aliphatic hydroxyl groups excluding tert-OH is 1. The van der Waals surface area contributed by atoms with Gasteiger partial charge >= 0.3 is 0 Å². The van der Waals surface area contributed by atoms with Crippen LogP contribution < -0.4 is 4.90 Å². The highest BCUT2D eigenvalue weighted by Gasteiger charge is 2.77. The van der Waals surface area contributed by atoms with E-state index in [9.17, 15) is 19.5 Å². The third-order valence-electron chi connectivity index (χ3n) is 9.66. The molecule has 7 atom stereocenters. The third-order valence-corrected chi connectivity index (χ3v) is 10.5. The molecule has 4 aliphatic heterocycles. The Morgan fingerprint density at radius 3 is 2.43 bits per heavy atom. The molecule has 11 heteroatoms. The minimum absolute atomic E-state index is 0.136. The molecule has 1 spiro atoms. The molecule has 10 nitrogen and oxygen atoms in total. The molecular formula is C33H45BrN4O6. The first kappa shape index (κ1) is 32.8. The van der Waals surface area contributed by atoms with Gasteiger partial charge in [-0.15, -0.1) is 13.2 Å². The average Bonchev–Trinajstić information content (AvgIpc) is 3.62. The van der Waals surface area contributed by atoms with Gasteiger partial charge in [-0.25, -0.2) is 0 Å². The number of alkyl halides is 1. The van der Waals surface area contributed by atoms with Gasteiger partial charge < -0.3 is 29.3 Å². The van der Waals surface area contributed by atoms with Gasteiger partial charge in [-0.2, -0.15) is 0 Å². The zero-order valence-corrected chi connectivity index (χ0v) is 27.3. The first-order chi connectivity index (χ1) is 21.2. The van der Waals surface area contributed by atoms with Gasteiger partial charge in [0.25, 0.3) is 0 Å². The van der Waals surface area contributed by atoms with Crippen molar-refractivity contribution in [1.29, 1.82) is 0 Å². The van der Waals surface area contributed by atoms with Crippen molar-refractivity contribution < 1.29 is 29.0 Å². The summed E-state index contributed by atoms with van der Waals surface area (Å²) in [5.74, 6) is -2.60. The number of anilines is 1. The van der Waals surface area contributed by atoms with Crippen LogP contribution in [0.5, 0.6) is 0 Å². The van der Waals surface area contributed by atoms with Gasteiger partial charge in [0.1, 0.15) is 11.6 Å². The first-order valence-electron chi connectivity index (χ1n) is 15.6. The number of fused-ring (bicyclic) bond motifs is 1. The topological polar surface area (TPSA) is 103 Å². The lowest BCUT2D eigenvalue weighted by molar-refractivity contribution is -0.152. The molecule has 2 bridgehead atoms. The van der Waals surface area contributed by atoms with Crippen molar-refractivity contribution in [3.8, 4) is 0 Å². The summed E-state index contributed by atoms with van der Waals surface area (Å²) < 4.78 is 12.2. The Bertz CT molecular complexity index is 1230. The van der Waals surface area contributed by atoms with E-state index < -0.39 is 35.6 Å². The van der Waals surface area contributed by atoms with Crippen molar-refractivity contribution in [2.75, 3.05) is 64.0 Å². The average molecular weight is 674 g/mol. The number of amides is 3. The molecule has 1 aromatic carbocycles. The lowest BCUT2D eigenvalue weighted by Gasteiger charge is -2.41. The first-order valence-corrected chi connectivity index (χ1v) is 16.5. The second kappa shape index (κ2) is 13.8. The van der Waals surface area contributed by atoms with E-state index in [2.05, 4.69) is 34.0 Å². The number of aliphatic hydroxyl groups is 1. The zero-order chi connectivity index (χ0) is 31.6. The molecule has 5 rings (SSSR count). The summed E-state index contributed by atoms with van der Waals surface area (Å²) in [6.07, 6.45) is 3.17. The summed E-state index contributed by atoms with van der Waals surface area (Å²) in [6.45, 7) is 15.9. The molecule has 3 unspecified atom stereocenters. The molecule has 3 amide bonds. The minimum atomic E-state index is -1.22. The van der Waals surface area contributed by atoms with Crippen molar-refractivity contribution in [3.63, 3.8) is 0 Å². The third kappa shape index (κ3) is 5.77. The summed E-state index contributed by atoms with van der Waals surface area (Å²) >= 11 is 3.78. The molecule has 44 heavy (non-hydrogen) atoms. The second-order valence-corrected chi connectivity index (χ2v) is 13.7. The minimum Gasteiger partial charge on any atom is -0.394 e. The number of benzene rings is 1. The van der Waals surface area contributed by atoms with Gasteiger partial charge in [0.05, 0.1) is 43.8 Å². The highest BCUT2D eigenvalue weighted by atomic mass is 79.9. The van der Waals surface area contributed by atoms with Crippen LogP contribution in [-0.2, 0) is 23.9 Å². The highest BCUT2D eigenvalue weighted by Crippen LogP contribution is 2.61. The van der Waals surface area contributed by atoms with Crippen molar-refractivity contribution >= 4 is 39.3 Å². The number of carbonyl (C=O) groups is 3. The van der Waals surface area contributed by atoms with Crippen LogP contribution in [0.1, 0.15) is 20.3 Å². The van der Waals surface area contributed by atoms with E-state index in [4.69, 9.17) is 9.47 Å². The molecule has 0 aromatic heterocycles. The van der Waals surface area contributed by atoms with E-state index in [1.165, 1.54) is 0 Å².